The predicted molar refractivity (Wildman–Crippen MR) is 108 cm³/mol. The van der Waals surface area contributed by atoms with E-state index in [2.05, 4.69) is 38.7 Å². The molecule has 6 heteroatoms. The Morgan fingerprint density at radius 1 is 1.11 bits per heavy atom. The molecule has 0 unspecified atom stereocenters. The molecule has 3 rings (SSSR count). The Morgan fingerprint density at radius 2 is 1.85 bits per heavy atom. The fraction of sp³-hybridized carbons (Fsp3) is 0.381. The number of benzene rings is 2. The lowest BCUT2D eigenvalue weighted by molar-refractivity contribution is 0.122. The normalized spacial score (nSPS) is 14.9. The number of halogens is 1. The molecule has 1 aliphatic heterocycles. The van der Waals surface area contributed by atoms with E-state index in [0.717, 1.165) is 31.9 Å². The number of anilines is 1. The molecule has 1 saturated heterocycles. The van der Waals surface area contributed by atoms with E-state index in [4.69, 9.17) is 4.74 Å². The Morgan fingerprint density at radius 3 is 2.59 bits per heavy atom. The van der Waals surface area contributed by atoms with Crippen LogP contribution in [0.5, 0.6) is 0 Å². The van der Waals surface area contributed by atoms with Crippen molar-refractivity contribution >= 4 is 11.6 Å². The van der Waals surface area contributed by atoms with Crippen LogP contribution in [0.1, 0.15) is 16.7 Å². The van der Waals surface area contributed by atoms with Crippen molar-refractivity contribution < 1.29 is 9.13 Å². The number of nitrogens with zero attached hydrogens (tertiary/aromatic N) is 2. The van der Waals surface area contributed by atoms with Crippen molar-refractivity contribution in [3.63, 3.8) is 0 Å². The van der Waals surface area contributed by atoms with Crippen molar-refractivity contribution in [1.82, 2.24) is 10.6 Å². The highest BCUT2D eigenvalue weighted by Crippen LogP contribution is 2.21. The zero-order chi connectivity index (χ0) is 19.1. The maximum Gasteiger partial charge on any atom is 0.191 e. The van der Waals surface area contributed by atoms with Gasteiger partial charge in [0.25, 0.3) is 0 Å². The van der Waals surface area contributed by atoms with Gasteiger partial charge >= 0.3 is 0 Å². The average molecular weight is 370 g/mol. The smallest absolute Gasteiger partial charge is 0.191 e. The van der Waals surface area contributed by atoms with Crippen molar-refractivity contribution in [2.45, 2.75) is 20.0 Å². The molecule has 0 bridgehead atoms. The topological polar surface area (TPSA) is 48.9 Å². The van der Waals surface area contributed by atoms with Crippen molar-refractivity contribution in [2.24, 2.45) is 4.99 Å². The summed E-state index contributed by atoms with van der Waals surface area (Å²) in [5.41, 5.74) is 3.98. The number of rotatable bonds is 5. The number of hydrogen-bond acceptors (Lipinski definition) is 3. The molecule has 0 aromatic heterocycles. The molecule has 2 aromatic rings. The fourth-order valence-electron chi connectivity index (χ4n) is 3.10. The lowest BCUT2D eigenvalue weighted by Gasteiger charge is -2.30. The van der Waals surface area contributed by atoms with Gasteiger partial charge in [-0.05, 0) is 35.7 Å². The summed E-state index contributed by atoms with van der Waals surface area (Å²) in [6, 6.07) is 13.7. The Labute approximate surface area is 160 Å². The number of para-hydroxylation sites is 1. The third kappa shape index (κ3) is 5.20. The molecule has 0 spiro atoms. The van der Waals surface area contributed by atoms with Crippen LogP contribution in [0.4, 0.5) is 10.1 Å². The summed E-state index contributed by atoms with van der Waals surface area (Å²) in [6.45, 7) is 6.28. The fourth-order valence-corrected chi connectivity index (χ4v) is 3.10. The summed E-state index contributed by atoms with van der Waals surface area (Å²) in [7, 11) is 1.74. The Bertz CT molecular complexity index is 788. The lowest BCUT2D eigenvalue weighted by Crippen LogP contribution is -2.39. The van der Waals surface area contributed by atoms with Crippen LogP contribution in [0.25, 0.3) is 0 Å². The van der Waals surface area contributed by atoms with E-state index in [-0.39, 0.29) is 5.82 Å². The first-order chi connectivity index (χ1) is 13.2. The van der Waals surface area contributed by atoms with Crippen LogP contribution >= 0.6 is 0 Å². The highest BCUT2D eigenvalue weighted by atomic mass is 19.1. The molecule has 0 aliphatic carbocycles. The molecular weight excluding hydrogens is 343 g/mol. The molecule has 1 aliphatic rings. The highest BCUT2D eigenvalue weighted by Gasteiger charge is 2.14. The van der Waals surface area contributed by atoms with Crippen LogP contribution in [0.2, 0.25) is 0 Å². The van der Waals surface area contributed by atoms with E-state index in [0.29, 0.717) is 24.6 Å². The molecule has 2 N–H and O–H groups in total. The van der Waals surface area contributed by atoms with Gasteiger partial charge < -0.3 is 20.3 Å². The maximum atomic E-state index is 13.7. The molecule has 1 fully saturated rings. The third-order valence-electron chi connectivity index (χ3n) is 4.71. The van der Waals surface area contributed by atoms with Gasteiger partial charge in [0.15, 0.2) is 5.96 Å². The van der Waals surface area contributed by atoms with Crippen LogP contribution in [0.15, 0.2) is 47.5 Å². The van der Waals surface area contributed by atoms with Gasteiger partial charge in [-0.1, -0.05) is 30.3 Å². The summed E-state index contributed by atoms with van der Waals surface area (Å²) in [6.07, 6.45) is 0. The van der Waals surface area contributed by atoms with Crippen molar-refractivity contribution in [3.8, 4) is 0 Å². The van der Waals surface area contributed by atoms with Crippen LogP contribution in [0.3, 0.4) is 0 Å². The van der Waals surface area contributed by atoms with Gasteiger partial charge in [-0.2, -0.15) is 0 Å². The first-order valence-electron chi connectivity index (χ1n) is 9.27. The molecule has 0 saturated carbocycles. The number of hydrogen-bond donors (Lipinski definition) is 2. The van der Waals surface area contributed by atoms with Crippen LogP contribution < -0.4 is 15.5 Å². The van der Waals surface area contributed by atoms with E-state index >= 15 is 0 Å². The van der Waals surface area contributed by atoms with Crippen LogP contribution in [0, 0.1) is 12.7 Å². The van der Waals surface area contributed by atoms with Crippen molar-refractivity contribution in [2.75, 3.05) is 38.3 Å². The Hall–Kier alpha value is -2.60. The molecule has 1 heterocycles. The maximum absolute atomic E-state index is 13.7. The molecule has 0 radical (unpaired) electrons. The SMILES string of the molecule is CN=C(NCc1ccc(C)c(F)c1)NCc1ccccc1N1CCOCC1. The summed E-state index contributed by atoms with van der Waals surface area (Å²) < 4.78 is 19.1. The molecule has 2 aromatic carbocycles. The third-order valence-corrected chi connectivity index (χ3v) is 4.71. The van der Waals surface area contributed by atoms with Gasteiger partial charge in [0.2, 0.25) is 0 Å². The standard InChI is InChI=1S/C21H27FN4O/c1-16-7-8-17(13-19(16)22)14-24-21(23-2)25-15-18-5-3-4-6-20(18)26-9-11-27-12-10-26/h3-8,13H,9-12,14-15H2,1-2H3,(H2,23,24,25). The number of ether oxygens (including phenoxy) is 1. The van der Waals surface area contributed by atoms with Crippen molar-refractivity contribution in [1.29, 1.82) is 0 Å². The average Bonchev–Trinajstić information content (AvgIpc) is 2.71. The zero-order valence-electron chi connectivity index (χ0n) is 16.0. The van der Waals surface area contributed by atoms with E-state index in [9.17, 15) is 4.39 Å². The second-order valence-corrected chi connectivity index (χ2v) is 6.59. The van der Waals surface area contributed by atoms with E-state index in [1.807, 2.05) is 12.1 Å². The van der Waals surface area contributed by atoms with Gasteiger partial charge in [-0.3, -0.25) is 4.99 Å². The van der Waals surface area contributed by atoms with Crippen LogP contribution in [-0.2, 0) is 17.8 Å². The second kappa shape index (κ2) is 9.37. The number of aryl methyl sites for hydroxylation is 1. The van der Waals surface area contributed by atoms with Gasteiger partial charge in [0, 0.05) is 38.9 Å². The van der Waals surface area contributed by atoms with Gasteiger partial charge in [0.1, 0.15) is 5.82 Å². The monoisotopic (exact) mass is 370 g/mol. The minimum atomic E-state index is -0.184. The minimum absolute atomic E-state index is 0.184. The zero-order valence-corrected chi connectivity index (χ0v) is 16.0. The Balaban J connectivity index is 1.58. The summed E-state index contributed by atoms with van der Waals surface area (Å²) in [5.74, 6) is 0.504. The molecular formula is C21H27FN4O. The van der Waals surface area contributed by atoms with Crippen LogP contribution in [-0.4, -0.2) is 39.3 Å². The number of morpholine rings is 1. The molecule has 144 valence electrons. The second-order valence-electron chi connectivity index (χ2n) is 6.59. The van der Waals surface area contributed by atoms with Crippen molar-refractivity contribution in [3.05, 3.63) is 65.0 Å². The molecule has 0 amide bonds. The van der Waals surface area contributed by atoms with Gasteiger partial charge in [0.05, 0.1) is 13.2 Å². The van der Waals surface area contributed by atoms with E-state index < -0.39 is 0 Å². The summed E-state index contributed by atoms with van der Waals surface area (Å²) >= 11 is 0. The highest BCUT2D eigenvalue weighted by molar-refractivity contribution is 5.79. The van der Waals surface area contributed by atoms with E-state index in [1.54, 1.807) is 26.1 Å². The number of aliphatic imine (C=N–C) groups is 1. The van der Waals surface area contributed by atoms with E-state index in [1.165, 1.54) is 11.3 Å². The molecule has 27 heavy (non-hydrogen) atoms. The quantitative estimate of drug-likeness (QED) is 0.628. The largest absolute Gasteiger partial charge is 0.378 e. The summed E-state index contributed by atoms with van der Waals surface area (Å²) in [5, 5.41) is 6.59. The number of guanidine groups is 1. The summed E-state index contributed by atoms with van der Waals surface area (Å²) in [4.78, 5) is 6.62. The first-order valence-corrected chi connectivity index (χ1v) is 9.27. The molecule has 0 atom stereocenters. The number of nitrogens with one attached hydrogen (secondary N) is 2. The van der Waals surface area contributed by atoms with Gasteiger partial charge in [-0.15, -0.1) is 0 Å². The minimum Gasteiger partial charge on any atom is -0.378 e. The molecule has 5 nitrogen and oxygen atoms in total. The van der Waals surface area contributed by atoms with Gasteiger partial charge in [-0.25, -0.2) is 4.39 Å². The lowest BCUT2D eigenvalue weighted by atomic mass is 10.1. The predicted octanol–water partition coefficient (Wildman–Crippen LogP) is 2.84. The first kappa shape index (κ1) is 19.2. The Kier molecular flexibility index (Phi) is 6.65.